The number of nitrogens with zero attached hydrogens (tertiary/aromatic N) is 1. The van der Waals surface area contributed by atoms with Crippen LogP contribution in [0, 0.1) is 11.7 Å². The minimum absolute atomic E-state index is 0. The molecular weight excluding hydrogens is 255 g/mol. The quantitative estimate of drug-likeness (QED) is 0.916. The number of nitrogens with two attached hydrogens (primary N) is 1. The van der Waals surface area contributed by atoms with E-state index in [1.165, 1.54) is 12.1 Å². The molecule has 1 aromatic carbocycles. The molecule has 5 heteroatoms. The van der Waals surface area contributed by atoms with E-state index in [2.05, 4.69) is 0 Å². The summed E-state index contributed by atoms with van der Waals surface area (Å²) >= 11 is 0. The average molecular weight is 275 g/mol. The van der Waals surface area contributed by atoms with Gasteiger partial charge in [-0.2, -0.15) is 0 Å². The number of carbonyl (C=O) groups excluding carboxylic acids is 1. The predicted molar refractivity (Wildman–Crippen MR) is 73.1 cm³/mol. The van der Waals surface area contributed by atoms with Crippen molar-refractivity contribution in [3.8, 4) is 0 Å². The summed E-state index contributed by atoms with van der Waals surface area (Å²) in [5, 5.41) is 0. The average Bonchev–Trinajstić information content (AvgIpc) is 2.36. The van der Waals surface area contributed by atoms with Gasteiger partial charge in [0.05, 0.1) is 6.04 Å². The molecule has 0 aliphatic rings. The molecule has 2 atom stereocenters. The fourth-order valence-electron chi connectivity index (χ4n) is 1.60. The lowest BCUT2D eigenvalue weighted by molar-refractivity contribution is -0.135. The molecule has 1 amide bonds. The second-order valence-corrected chi connectivity index (χ2v) is 4.31. The largest absolute Gasteiger partial charge is 0.339 e. The number of halogens is 2. The minimum Gasteiger partial charge on any atom is -0.339 e. The van der Waals surface area contributed by atoms with Crippen molar-refractivity contribution in [2.75, 3.05) is 13.6 Å². The molecule has 0 aromatic heterocycles. The van der Waals surface area contributed by atoms with Crippen molar-refractivity contribution in [3.63, 3.8) is 0 Å². The highest BCUT2D eigenvalue weighted by atomic mass is 35.5. The maximum atomic E-state index is 12.8. The summed E-state index contributed by atoms with van der Waals surface area (Å²) in [5.41, 5.74) is 6.38. The van der Waals surface area contributed by atoms with Crippen LogP contribution < -0.4 is 5.73 Å². The summed E-state index contributed by atoms with van der Waals surface area (Å²) in [6, 6.07) is 6.10. The van der Waals surface area contributed by atoms with E-state index < -0.39 is 0 Å². The van der Waals surface area contributed by atoms with Crippen LogP contribution >= 0.6 is 12.4 Å². The molecule has 0 aliphatic heterocycles. The first-order valence-electron chi connectivity index (χ1n) is 5.69. The number of hydrogen-bond donors (Lipinski definition) is 1. The Morgan fingerprint density at radius 1 is 1.33 bits per heavy atom. The summed E-state index contributed by atoms with van der Waals surface area (Å²) < 4.78 is 12.8. The van der Waals surface area contributed by atoms with Crippen molar-refractivity contribution in [1.82, 2.24) is 4.90 Å². The van der Waals surface area contributed by atoms with Gasteiger partial charge in [0.2, 0.25) is 5.91 Å². The third kappa shape index (κ3) is 3.96. The van der Waals surface area contributed by atoms with Gasteiger partial charge in [-0.15, -0.1) is 12.4 Å². The zero-order valence-electron chi connectivity index (χ0n) is 10.9. The fourth-order valence-corrected chi connectivity index (χ4v) is 1.60. The van der Waals surface area contributed by atoms with Gasteiger partial charge in [-0.1, -0.05) is 19.1 Å². The molecule has 2 N–H and O–H groups in total. The standard InChI is InChI=1S/C13H19FN2O.ClH/c1-9(8-15)13(17)16(3)10(2)11-4-6-12(14)7-5-11;/h4-7,9-10H,8,15H2,1-3H3;1H. The van der Waals surface area contributed by atoms with Crippen LogP contribution in [0.4, 0.5) is 4.39 Å². The lowest BCUT2D eigenvalue weighted by Gasteiger charge is -2.27. The SMILES string of the molecule is CC(CN)C(=O)N(C)C(C)c1ccc(F)cc1.Cl. The van der Waals surface area contributed by atoms with Crippen LogP contribution in [0.3, 0.4) is 0 Å². The fraction of sp³-hybridized carbons (Fsp3) is 0.462. The van der Waals surface area contributed by atoms with E-state index in [1.54, 1.807) is 31.0 Å². The third-order valence-corrected chi connectivity index (χ3v) is 3.06. The van der Waals surface area contributed by atoms with Crippen LogP contribution in [0.15, 0.2) is 24.3 Å². The number of rotatable bonds is 4. The van der Waals surface area contributed by atoms with Crippen molar-refractivity contribution in [3.05, 3.63) is 35.6 Å². The molecule has 0 saturated heterocycles. The third-order valence-electron chi connectivity index (χ3n) is 3.06. The molecule has 0 spiro atoms. The van der Waals surface area contributed by atoms with Gasteiger partial charge in [-0.25, -0.2) is 4.39 Å². The summed E-state index contributed by atoms with van der Waals surface area (Å²) in [7, 11) is 1.74. The summed E-state index contributed by atoms with van der Waals surface area (Å²) in [6.07, 6.45) is 0. The van der Waals surface area contributed by atoms with Gasteiger partial charge in [-0.05, 0) is 24.6 Å². The predicted octanol–water partition coefficient (Wildman–Crippen LogP) is 2.36. The van der Waals surface area contributed by atoms with Crippen molar-refractivity contribution < 1.29 is 9.18 Å². The number of benzene rings is 1. The molecule has 3 nitrogen and oxygen atoms in total. The van der Waals surface area contributed by atoms with Crippen molar-refractivity contribution >= 4 is 18.3 Å². The molecular formula is C13H20ClFN2O. The van der Waals surface area contributed by atoms with Crippen molar-refractivity contribution in [2.24, 2.45) is 11.7 Å². The van der Waals surface area contributed by atoms with Crippen LogP contribution in [-0.4, -0.2) is 24.4 Å². The first kappa shape index (κ1) is 16.9. The maximum Gasteiger partial charge on any atom is 0.226 e. The van der Waals surface area contributed by atoms with Crippen LogP contribution in [0.25, 0.3) is 0 Å². The first-order valence-corrected chi connectivity index (χ1v) is 5.69. The van der Waals surface area contributed by atoms with E-state index in [1.807, 2.05) is 6.92 Å². The highest BCUT2D eigenvalue weighted by molar-refractivity contribution is 5.85. The van der Waals surface area contributed by atoms with E-state index in [-0.39, 0.29) is 36.1 Å². The zero-order valence-corrected chi connectivity index (χ0v) is 11.7. The van der Waals surface area contributed by atoms with E-state index >= 15 is 0 Å². The van der Waals surface area contributed by atoms with Gasteiger partial charge in [0.25, 0.3) is 0 Å². The molecule has 0 heterocycles. The van der Waals surface area contributed by atoms with Gasteiger partial charge in [0.15, 0.2) is 0 Å². The molecule has 0 saturated carbocycles. The smallest absolute Gasteiger partial charge is 0.226 e. The Morgan fingerprint density at radius 3 is 2.28 bits per heavy atom. The molecule has 1 rings (SSSR count). The van der Waals surface area contributed by atoms with Gasteiger partial charge in [-0.3, -0.25) is 4.79 Å². The van der Waals surface area contributed by atoms with E-state index in [4.69, 9.17) is 5.73 Å². The van der Waals surface area contributed by atoms with E-state index in [0.717, 1.165) is 5.56 Å². The second-order valence-electron chi connectivity index (χ2n) is 4.31. The van der Waals surface area contributed by atoms with Crippen molar-refractivity contribution in [2.45, 2.75) is 19.9 Å². The highest BCUT2D eigenvalue weighted by Gasteiger charge is 2.21. The van der Waals surface area contributed by atoms with Gasteiger partial charge in [0.1, 0.15) is 5.82 Å². The van der Waals surface area contributed by atoms with Gasteiger partial charge < -0.3 is 10.6 Å². The Kier molecular flexibility index (Phi) is 6.88. The van der Waals surface area contributed by atoms with E-state index in [9.17, 15) is 9.18 Å². The Balaban J connectivity index is 0.00000289. The lowest BCUT2D eigenvalue weighted by Crippen LogP contribution is -2.36. The van der Waals surface area contributed by atoms with Crippen LogP contribution in [0.1, 0.15) is 25.5 Å². The molecule has 0 radical (unpaired) electrons. The lowest BCUT2D eigenvalue weighted by atomic mass is 10.0. The molecule has 0 bridgehead atoms. The van der Waals surface area contributed by atoms with Crippen LogP contribution in [0.2, 0.25) is 0 Å². The molecule has 102 valence electrons. The van der Waals surface area contributed by atoms with Crippen molar-refractivity contribution in [1.29, 1.82) is 0 Å². The van der Waals surface area contributed by atoms with Gasteiger partial charge >= 0.3 is 0 Å². The molecule has 0 fully saturated rings. The summed E-state index contributed by atoms with van der Waals surface area (Å²) in [5.74, 6) is -0.461. The van der Waals surface area contributed by atoms with Crippen LogP contribution in [0.5, 0.6) is 0 Å². The molecule has 1 aromatic rings. The van der Waals surface area contributed by atoms with Crippen LogP contribution in [-0.2, 0) is 4.79 Å². The Hall–Kier alpha value is -1.13. The minimum atomic E-state index is -0.273. The topological polar surface area (TPSA) is 46.3 Å². The number of hydrogen-bond acceptors (Lipinski definition) is 2. The molecule has 0 aliphatic carbocycles. The van der Waals surface area contributed by atoms with Gasteiger partial charge in [0, 0.05) is 19.5 Å². The molecule has 18 heavy (non-hydrogen) atoms. The monoisotopic (exact) mass is 274 g/mol. The second kappa shape index (κ2) is 7.34. The number of carbonyl (C=O) groups is 1. The molecule has 2 unspecified atom stereocenters. The van der Waals surface area contributed by atoms with E-state index in [0.29, 0.717) is 6.54 Å². The Labute approximate surface area is 114 Å². The number of amides is 1. The zero-order chi connectivity index (χ0) is 13.0. The summed E-state index contributed by atoms with van der Waals surface area (Å²) in [4.78, 5) is 13.6. The highest BCUT2D eigenvalue weighted by Crippen LogP contribution is 2.20. The maximum absolute atomic E-state index is 12.8. The summed E-state index contributed by atoms with van der Waals surface area (Å²) in [6.45, 7) is 4.05. The normalized spacial score (nSPS) is 13.4. The first-order chi connectivity index (χ1) is 7.97. The Bertz CT molecular complexity index is 383. The Morgan fingerprint density at radius 2 is 1.83 bits per heavy atom.